The number of nitrogens with two attached hydrogens (primary N) is 2. The number of hydrogen-bond acceptors (Lipinski definition) is 5. The van der Waals surface area contributed by atoms with Crippen molar-refractivity contribution in [2.75, 3.05) is 17.7 Å². The minimum absolute atomic E-state index is 0.310. The standard InChI is InChI=1S/C13H15ClN4OS/c1-7-17-9(6-20-7)5-18(2)12-10(13(16)19)3-8(15)4-11(12)14/h3-4,6H,5,15H2,1-2H3,(H2,16,19). The Morgan fingerprint density at radius 3 is 2.75 bits per heavy atom. The zero-order valence-electron chi connectivity index (χ0n) is 11.2. The van der Waals surface area contributed by atoms with Crippen LogP contribution in [0.1, 0.15) is 21.1 Å². The molecule has 1 aromatic carbocycles. The highest BCUT2D eigenvalue weighted by Crippen LogP contribution is 2.32. The molecule has 0 aliphatic rings. The molecule has 7 heteroatoms. The number of halogens is 1. The molecule has 0 aliphatic heterocycles. The zero-order chi connectivity index (χ0) is 14.9. The van der Waals surface area contributed by atoms with E-state index in [2.05, 4.69) is 4.98 Å². The average Bonchev–Trinajstić information content (AvgIpc) is 2.73. The van der Waals surface area contributed by atoms with Crippen molar-refractivity contribution >= 4 is 40.2 Å². The highest BCUT2D eigenvalue weighted by atomic mass is 35.5. The summed E-state index contributed by atoms with van der Waals surface area (Å²) in [5.41, 5.74) is 13.3. The summed E-state index contributed by atoms with van der Waals surface area (Å²) in [4.78, 5) is 17.8. The molecule has 20 heavy (non-hydrogen) atoms. The maximum absolute atomic E-state index is 11.6. The predicted molar refractivity (Wildman–Crippen MR) is 83.3 cm³/mol. The quantitative estimate of drug-likeness (QED) is 0.849. The number of amides is 1. The van der Waals surface area contributed by atoms with Crippen LogP contribution in [0.15, 0.2) is 17.5 Å². The summed E-state index contributed by atoms with van der Waals surface area (Å²) in [6.45, 7) is 2.48. The molecule has 2 rings (SSSR count). The summed E-state index contributed by atoms with van der Waals surface area (Å²) < 4.78 is 0. The third-order valence-corrected chi connectivity index (χ3v) is 3.91. The van der Waals surface area contributed by atoms with E-state index in [1.807, 2.05) is 24.3 Å². The molecule has 0 fully saturated rings. The molecule has 1 amide bonds. The molecule has 0 saturated carbocycles. The SMILES string of the molecule is Cc1nc(CN(C)c2c(Cl)cc(N)cc2C(N)=O)cs1. The Hall–Kier alpha value is -1.79. The van der Waals surface area contributed by atoms with Crippen LogP contribution in [0.25, 0.3) is 0 Å². The van der Waals surface area contributed by atoms with Crippen molar-refractivity contribution in [1.82, 2.24) is 4.98 Å². The largest absolute Gasteiger partial charge is 0.399 e. The smallest absolute Gasteiger partial charge is 0.250 e. The fraction of sp³-hybridized carbons (Fsp3) is 0.231. The normalized spacial score (nSPS) is 10.6. The number of hydrogen-bond donors (Lipinski definition) is 2. The van der Waals surface area contributed by atoms with Crippen molar-refractivity contribution in [1.29, 1.82) is 0 Å². The first-order valence-electron chi connectivity index (χ1n) is 5.89. The molecule has 0 saturated heterocycles. The van der Waals surface area contributed by atoms with Gasteiger partial charge in [-0.1, -0.05) is 11.6 Å². The van der Waals surface area contributed by atoms with Gasteiger partial charge in [0.25, 0.3) is 5.91 Å². The fourth-order valence-corrected chi connectivity index (χ4v) is 2.97. The number of aryl methyl sites for hydroxylation is 1. The van der Waals surface area contributed by atoms with Gasteiger partial charge >= 0.3 is 0 Å². The first kappa shape index (κ1) is 14.6. The molecule has 4 N–H and O–H groups in total. The van der Waals surface area contributed by atoms with Gasteiger partial charge in [-0.3, -0.25) is 4.79 Å². The second-order valence-corrected chi connectivity index (χ2v) is 5.95. The number of anilines is 2. The molecule has 0 atom stereocenters. The van der Waals surface area contributed by atoms with Gasteiger partial charge in [0.1, 0.15) is 0 Å². The van der Waals surface area contributed by atoms with E-state index in [1.54, 1.807) is 17.4 Å². The molecule has 0 aliphatic carbocycles. The summed E-state index contributed by atoms with van der Waals surface area (Å²) in [6.07, 6.45) is 0. The average molecular weight is 311 g/mol. The van der Waals surface area contributed by atoms with Crippen molar-refractivity contribution < 1.29 is 4.79 Å². The summed E-state index contributed by atoms with van der Waals surface area (Å²) in [7, 11) is 1.83. The number of carbonyl (C=O) groups excluding carboxylic acids is 1. The van der Waals surface area contributed by atoms with Gasteiger partial charge in [-0.25, -0.2) is 4.98 Å². The molecule has 1 heterocycles. The Bertz CT molecular complexity index is 656. The van der Waals surface area contributed by atoms with E-state index >= 15 is 0 Å². The lowest BCUT2D eigenvalue weighted by Gasteiger charge is -2.22. The zero-order valence-corrected chi connectivity index (χ0v) is 12.8. The molecule has 2 aromatic rings. The van der Waals surface area contributed by atoms with Crippen LogP contribution in [-0.4, -0.2) is 17.9 Å². The monoisotopic (exact) mass is 310 g/mol. The topological polar surface area (TPSA) is 85.2 Å². The number of nitrogen functional groups attached to an aromatic ring is 1. The highest BCUT2D eigenvalue weighted by molar-refractivity contribution is 7.09. The van der Waals surface area contributed by atoms with Crippen LogP contribution in [0.2, 0.25) is 5.02 Å². The minimum atomic E-state index is -0.560. The minimum Gasteiger partial charge on any atom is -0.399 e. The number of thiazole rings is 1. The number of rotatable bonds is 4. The molecule has 1 aromatic heterocycles. The van der Waals surface area contributed by atoms with Gasteiger partial charge in [-0.05, 0) is 19.1 Å². The fourth-order valence-electron chi connectivity index (χ4n) is 2.00. The van der Waals surface area contributed by atoms with Crippen LogP contribution in [0, 0.1) is 6.92 Å². The number of nitrogens with zero attached hydrogens (tertiary/aromatic N) is 2. The van der Waals surface area contributed by atoms with Gasteiger partial charge in [-0.2, -0.15) is 0 Å². The number of carbonyl (C=O) groups is 1. The van der Waals surface area contributed by atoms with E-state index < -0.39 is 5.91 Å². The van der Waals surface area contributed by atoms with Gasteiger partial charge in [0.05, 0.1) is 33.5 Å². The summed E-state index contributed by atoms with van der Waals surface area (Å²) in [6, 6.07) is 3.14. The van der Waals surface area contributed by atoms with E-state index in [9.17, 15) is 4.79 Å². The van der Waals surface area contributed by atoms with Gasteiger partial charge < -0.3 is 16.4 Å². The predicted octanol–water partition coefficient (Wildman–Crippen LogP) is 2.42. The maximum Gasteiger partial charge on any atom is 0.250 e. The van der Waals surface area contributed by atoms with Crippen LogP contribution < -0.4 is 16.4 Å². The van der Waals surface area contributed by atoms with Crippen molar-refractivity contribution in [3.63, 3.8) is 0 Å². The van der Waals surface area contributed by atoms with Crippen LogP contribution in [0.5, 0.6) is 0 Å². The Morgan fingerprint density at radius 1 is 1.50 bits per heavy atom. The lowest BCUT2D eigenvalue weighted by molar-refractivity contribution is 0.100. The van der Waals surface area contributed by atoms with Gasteiger partial charge in [0.15, 0.2) is 0 Å². The van der Waals surface area contributed by atoms with E-state index in [-0.39, 0.29) is 0 Å². The van der Waals surface area contributed by atoms with Crippen LogP contribution in [-0.2, 0) is 6.54 Å². The summed E-state index contributed by atoms with van der Waals surface area (Å²) in [5.74, 6) is -0.560. The number of primary amides is 1. The third kappa shape index (κ3) is 3.02. The molecule has 5 nitrogen and oxygen atoms in total. The van der Waals surface area contributed by atoms with Crippen molar-refractivity contribution in [3.8, 4) is 0 Å². The second kappa shape index (κ2) is 5.68. The Balaban J connectivity index is 2.38. The van der Waals surface area contributed by atoms with Gasteiger partial charge in [0, 0.05) is 18.1 Å². The van der Waals surface area contributed by atoms with Crippen LogP contribution in [0.3, 0.4) is 0 Å². The lowest BCUT2D eigenvalue weighted by Crippen LogP contribution is -2.23. The Morgan fingerprint density at radius 2 is 2.20 bits per heavy atom. The molecule has 0 spiro atoms. The van der Waals surface area contributed by atoms with E-state index in [0.29, 0.717) is 28.5 Å². The summed E-state index contributed by atoms with van der Waals surface area (Å²) >= 11 is 7.77. The molecule has 106 valence electrons. The maximum atomic E-state index is 11.6. The van der Waals surface area contributed by atoms with Crippen molar-refractivity contribution in [2.45, 2.75) is 13.5 Å². The molecular formula is C13H15ClN4OS. The Labute approximate surface area is 126 Å². The van der Waals surface area contributed by atoms with Gasteiger partial charge in [0.2, 0.25) is 0 Å². The third-order valence-electron chi connectivity index (χ3n) is 2.80. The van der Waals surface area contributed by atoms with Crippen LogP contribution >= 0.6 is 22.9 Å². The summed E-state index contributed by atoms with van der Waals surface area (Å²) in [5, 5.41) is 3.36. The van der Waals surface area contributed by atoms with E-state index in [1.165, 1.54) is 6.07 Å². The van der Waals surface area contributed by atoms with Crippen molar-refractivity contribution in [3.05, 3.63) is 38.8 Å². The number of benzene rings is 1. The first-order chi connectivity index (χ1) is 9.38. The molecular weight excluding hydrogens is 296 g/mol. The second-order valence-electron chi connectivity index (χ2n) is 4.48. The highest BCUT2D eigenvalue weighted by Gasteiger charge is 2.17. The first-order valence-corrected chi connectivity index (χ1v) is 7.15. The molecule has 0 unspecified atom stereocenters. The van der Waals surface area contributed by atoms with Gasteiger partial charge in [-0.15, -0.1) is 11.3 Å². The van der Waals surface area contributed by atoms with Crippen LogP contribution in [0.4, 0.5) is 11.4 Å². The van der Waals surface area contributed by atoms with E-state index in [4.69, 9.17) is 23.1 Å². The number of aromatic nitrogens is 1. The molecule has 0 radical (unpaired) electrons. The lowest BCUT2D eigenvalue weighted by atomic mass is 10.1. The van der Waals surface area contributed by atoms with Crippen molar-refractivity contribution in [2.24, 2.45) is 5.73 Å². The Kier molecular flexibility index (Phi) is 4.15. The van der Waals surface area contributed by atoms with E-state index in [0.717, 1.165) is 10.7 Å². The molecule has 0 bridgehead atoms.